The van der Waals surface area contributed by atoms with Gasteiger partial charge in [0.15, 0.2) is 0 Å². The average molecular weight is 296 g/mol. The molecule has 0 saturated heterocycles. The minimum Gasteiger partial charge on any atom is -0.508 e. The molecule has 0 aliphatic rings. The van der Waals surface area contributed by atoms with E-state index in [4.69, 9.17) is 15.2 Å². The van der Waals surface area contributed by atoms with Gasteiger partial charge in [-0.1, -0.05) is 12.1 Å². The molecule has 118 valence electrons. The Morgan fingerprint density at radius 1 is 1.29 bits per heavy atom. The number of rotatable bonds is 10. The largest absolute Gasteiger partial charge is 0.508 e. The van der Waals surface area contributed by atoms with Crippen LogP contribution in [0.5, 0.6) is 5.75 Å². The summed E-state index contributed by atoms with van der Waals surface area (Å²) in [5.74, 6) is 0.0187. The Balaban J connectivity index is 2.15. The zero-order valence-electron chi connectivity index (χ0n) is 12.4. The van der Waals surface area contributed by atoms with Crippen molar-refractivity contribution in [2.75, 3.05) is 33.5 Å². The first-order valence-corrected chi connectivity index (χ1v) is 7.01. The fourth-order valence-corrected chi connectivity index (χ4v) is 1.74. The second kappa shape index (κ2) is 10.1. The number of nitrogens with one attached hydrogen (secondary N) is 1. The average Bonchev–Trinajstić information content (AvgIpc) is 2.48. The highest BCUT2D eigenvalue weighted by Crippen LogP contribution is 2.10. The predicted octanol–water partition coefficient (Wildman–Crippen LogP) is 0.431. The minimum absolute atomic E-state index is 0.181. The van der Waals surface area contributed by atoms with Gasteiger partial charge in [0, 0.05) is 20.3 Å². The fraction of sp³-hybridized carbons (Fsp3) is 0.533. The first kappa shape index (κ1) is 17.4. The molecular weight excluding hydrogens is 272 g/mol. The molecule has 1 aromatic rings. The summed E-state index contributed by atoms with van der Waals surface area (Å²) in [5, 5.41) is 12.0. The lowest BCUT2D eigenvalue weighted by Gasteiger charge is -2.12. The van der Waals surface area contributed by atoms with Crippen molar-refractivity contribution >= 4 is 5.91 Å². The van der Waals surface area contributed by atoms with Crippen molar-refractivity contribution in [1.82, 2.24) is 5.32 Å². The summed E-state index contributed by atoms with van der Waals surface area (Å²) < 4.78 is 10.1. The number of hydrogen-bond acceptors (Lipinski definition) is 5. The number of ether oxygens (including phenoxy) is 2. The fourth-order valence-electron chi connectivity index (χ4n) is 1.74. The predicted molar refractivity (Wildman–Crippen MR) is 80.1 cm³/mol. The van der Waals surface area contributed by atoms with Crippen LogP contribution < -0.4 is 11.1 Å². The first-order valence-electron chi connectivity index (χ1n) is 7.01. The molecule has 0 aliphatic carbocycles. The van der Waals surface area contributed by atoms with Gasteiger partial charge in [0.25, 0.3) is 0 Å². The highest BCUT2D eigenvalue weighted by atomic mass is 16.5. The Morgan fingerprint density at radius 2 is 2.00 bits per heavy atom. The molecule has 0 saturated carbocycles. The van der Waals surface area contributed by atoms with Gasteiger partial charge in [0.05, 0.1) is 19.3 Å². The normalized spacial score (nSPS) is 12.1. The third-order valence-corrected chi connectivity index (χ3v) is 2.93. The molecular formula is C15H24N2O4. The van der Waals surface area contributed by atoms with Crippen LogP contribution in [0.1, 0.15) is 12.0 Å². The summed E-state index contributed by atoms with van der Waals surface area (Å²) in [6.07, 6.45) is 1.18. The lowest BCUT2D eigenvalue weighted by atomic mass is 10.1. The highest BCUT2D eigenvalue weighted by molar-refractivity contribution is 5.81. The topological polar surface area (TPSA) is 93.8 Å². The molecule has 0 fully saturated rings. The van der Waals surface area contributed by atoms with Crippen molar-refractivity contribution in [2.45, 2.75) is 18.9 Å². The number of nitrogens with two attached hydrogens (primary N) is 1. The molecule has 1 atom stereocenters. The van der Waals surface area contributed by atoms with Gasteiger partial charge in [-0.2, -0.15) is 0 Å². The summed E-state index contributed by atoms with van der Waals surface area (Å²) in [6, 6.07) is 6.08. The van der Waals surface area contributed by atoms with Crippen LogP contribution in [-0.2, 0) is 20.7 Å². The van der Waals surface area contributed by atoms with Crippen LogP contribution in [0, 0.1) is 0 Å². The SMILES string of the molecule is COCCOCCCNC(=O)C(N)Cc1ccc(O)cc1. The Kier molecular flexibility index (Phi) is 8.42. The molecule has 0 aromatic heterocycles. The summed E-state index contributed by atoms with van der Waals surface area (Å²) >= 11 is 0. The number of hydrogen-bond donors (Lipinski definition) is 3. The van der Waals surface area contributed by atoms with E-state index in [1.165, 1.54) is 0 Å². The Hall–Kier alpha value is -1.63. The van der Waals surface area contributed by atoms with Crippen LogP contribution in [0.3, 0.4) is 0 Å². The van der Waals surface area contributed by atoms with E-state index in [0.29, 0.717) is 32.8 Å². The van der Waals surface area contributed by atoms with E-state index in [-0.39, 0.29) is 11.7 Å². The van der Waals surface area contributed by atoms with Crippen molar-refractivity contribution < 1.29 is 19.4 Å². The maximum absolute atomic E-state index is 11.8. The molecule has 0 heterocycles. The van der Waals surface area contributed by atoms with Crippen molar-refractivity contribution in [3.05, 3.63) is 29.8 Å². The van der Waals surface area contributed by atoms with Crippen LogP contribution in [0.15, 0.2) is 24.3 Å². The molecule has 4 N–H and O–H groups in total. The van der Waals surface area contributed by atoms with Gasteiger partial charge in [0.1, 0.15) is 5.75 Å². The van der Waals surface area contributed by atoms with Crippen LogP contribution in [0.25, 0.3) is 0 Å². The zero-order chi connectivity index (χ0) is 15.5. The number of phenolic OH excluding ortho intramolecular Hbond substituents is 1. The second-order valence-corrected chi connectivity index (χ2v) is 4.73. The lowest BCUT2D eigenvalue weighted by molar-refractivity contribution is -0.122. The number of methoxy groups -OCH3 is 1. The molecule has 0 bridgehead atoms. The van der Waals surface area contributed by atoms with Crippen molar-refractivity contribution in [3.8, 4) is 5.75 Å². The third-order valence-electron chi connectivity index (χ3n) is 2.93. The minimum atomic E-state index is -0.594. The Morgan fingerprint density at radius 3 is 2.67 bits per heavy atom. The Labute approximate surface area is 125 Å². The molecule has 6 nitrogen and oxygen atoms in total. The molecule has 0 spiro atoms. The number of benzene rings is 1. The standard InChI is InChI=1S/C15H24N2O4/c1-20-9-10-21-8-2-7-17-15(19)14(16)11-12-3-5-13(18)6-4-12/h3-6,14,18H,2,7-11,16H2,1H3,(H,17,19). The van der Waals surface area contributed by atoms with Gasteiger partial charge in [-0.15, -0.1) is 0 Å². The quantitative estimate of drug-likeness (QED) is 0.544. The van der Waals surface area contributed by atoms with Gasteiger partial charge in [-0.05, 0) is 30.5 Å². The van der Waals surface area contributed by atoms with E-state index in [1.807, 2.05) is 0 Å². The maximum atomic E-state index is 11.8. The van der Waals surface area contributed by atoms with E-state index in [0.717, 1.165) is 12.0 Å². The van der Waals surface area contributed by atoms with Crippen LogP contribution >= 0.6 is 0 Å². The summed E-state index contributed by atoms with van der Waals surface area (Å²) in [4.78, 5) is 11.8. The van der Waals surface area contributed by atoms with E-state index >= 15 is 0 Å². The van der Waals surface area contributed by atoms with Gasteiger partial charge in [0.2, 0.25) is 5.91 Å². The maximum Gasteiger partial charge on any atom is 0.237 e. The van der Waals surface area contributed by atoms with Crippen LogP contribution in [-0.4, -0.2) is 50.5 Å². The summed E-state index contributed by atoms with van der Waals surface area (Å²) in [6.45, 7) is 2.25. The zero-order valence-corrected chi connectivity index (χ0v) is 12.4. The first-order chi connectivity index (χ1) is 10.1. The Bertz CT molecular complexity index is 409. The number of phenols is 1. The van der Waals surface area contributed by atoms with Gasteiger partial charge >= 0.3 is 0 Å². The third kappa shape index (κ3) is 7.65. The monoisotopic (exact) mass is 296 g/mol. The molecule has 1 unspecified atom stereocenters. The summed E-state index contributed by atoms with van der Waals surface area (Å²) in [5.41, 5.74) is 6.76. The van der Waals surface area contributed by atoms with Crippen molar-refractivity contribution in [2.24, 2.45) is 5.73 Å². The number of carbonyl (C=O) groups is 1. The number of aromatic hydroxyl groups is 1. The molecule has 0 aliphatic heterocycles. The molecule has 1 aromatic carbocycles. The van der Waals surface area contributed by atoms with Crippen molar-refractivity contribution in [3.63, 3.8) is 0 Å². The second-order valence-electron chi connectivity index (χ2n) is 4.73. The molecule has 0 radical (unpaired) electrons. The van der Waals surface area contributed by atoms with Crippen molar-refractivity contribution in [1.29, 1.82) is 0 Å². The molecule has 1 amide bonds. The number of carbonyl (C=O) groups excluding carboxylic acids is 1. The van der Waals surface area contributed by atoms with Crippen LogP contribution in [0.4, 0.5) is 0 Å². The molecule has 6 heteroatoms. The lowest BCUT2D eigenvalue weighted by Crippen LogP contribution is -2.42. The highest BCUT2D eigenvalue weighted by Gasteiger charge is 2.13. The van der Waals surface area contributed by atoms with E-state index < -0.39 is 6.04 Å². The van der Waals surface area contributed by atoms with Gasteiger partial charge < -0.3 is 25.6 Å². The molecule has 21 heavy (non-hydrogen) atoms. The summed E-state index contributed by atoms with van der Waals surface area (Å²) in [7, 11) is 1.62. The van der Waals surface area contributed by atoms with E-state index in [2.05, 4.69) is 5.32 Å². The smallest absolute Gasteiger partial charge is 0.237 e. The molecule has 1 rings (SSSR count). The van der Waals surface area contributed by atoms with Gasteiger partial charge in [-0.25, -0.2) is 0 Å². The van der Waals surface area contributed by atoms with Crippen LogP contribution in [0.2, 0.25) is 0 Å². The van der Waals surface area contributed by atoms with Gasteiger partial charge in [-0.3, -0.25) is 4.79 Å². The number of amides is 1. The van der Waals surface area contributed by atoms with E-state index in [9.17, 15) is 9.90 Å². The van der Waals surface area contributed by atoms with E-state index in [1.54, 1.807) is 31.4 Å².